The highest BCUT2D eigenvalue weighted by molar-refractivity contribution is 7.62. The van der Waals surface area contributed by atoms with E-state index in [0.717, 1.165) is 10.5 Å². The van der Waals surface area contributed by atoms with Crippen LogP contribution < -0.4 is 0 Å². The summed E-state index contributed by atoms with van der Waals surface area (Å²) in [7, 11) is -3.63. The summed E-state index contributed by atoms with van der Waals surface area (Å²) < 4.78 is 30.5. The number of ether oxygens (including phenoxy) is 2. The summed E-state index contributed by atoms with van der Waals surface area (Å²) in [4.78, 5) is 41.2. The van der Waals surface area contributed by atoms with Gasteiger partial charge < -0.3 is 24.2 Å². The Balaban J connectivity index is 2.24. The molecular weight excluding hydrogens is 575 g/mol. The number of phenols is 1. The number of aliphatic carboxylic acids is 1. The third-order valence-corrected chi connectivity index (χ3v) is 10.1. The van der Waals surface area contributed by atoms with Crippen molar-refractivity contribution in [3.63, 3.8) is 0 Å². The minimum Gasteiger partial charge on any atom is -0.506 e. The number of carboxylic acid groups (broad SMARTS) is 1. The zero-order valence-corrected chi connectivity index (χ0v) is 26.7. The van der Waals surface area contributed by atoms with Gasteiger partial charge in [-0.15, -0.1) is 0 Å². The molecule has 1 aromatic rings. The molecule has 0 spiro atoms. The number of benzene rings is 1. The quantitative estimate of drug-likeness (QED) is 0.225. The van der Waals surface area contributed by atoms with Gasteiger partial charge in [0.15, 0.2) is 5.16 Å². The van der Waals surface area contributed by atoms with Crippen molar-refractivity contribution in [1.29, 1.82) is 0 Å². The number of amides is 2. The monoisotopic (exact) mass is 618 g/mol. The highest BCUT2D eigenvalue weighted by Gasteiger charge is 2.58. The van der Waals surface area contributed by atoms with E-state index >= 15 is 0 Å². The predicted octanol–water partition coefficient (Wildman–Crippen LogP) is 6.34. The number of aromatic hydroxyl groups is 1. The zero-order chi connectivity index (χ0) is 31.2. The van der Waals surface area contributed by atoms with Crippen LogP contribution in [0.5, 0.6) is 5.75 Å². The molecule has 0 saturated carbocycles. The summed E-state index contributed by atoms with van der Waals surface area (Å²) in [5.41, 5.74) is -0.921. The Morgan fingerprint density at radius 1 is 1.07 bits per heavy atom. The van der Waals surface area contributed by atoms with E-state index in [1.807, 2.05) is 4.90 Å². The van der Waals surface area contributed by atoms with Gasteiger partial charge in [0.25, 0.3) is 0 Å². The predicted molar refractivity (Wildman–Crippen MR) is 156 cm³/mol. The van der Waals surface area contributed by atoms with E-state index in [1.54, 1.807) is 60.6 Å². The Hall–Kier alpha value is -2.33. The van der Waals surface area contributed by atoms with Gasteiger partial charge in [0.05, 0.1) is 11.6 Å². The molecule has 13 heteroatoms. The summed E-state index contributed by atoms with van der Waals surface area (Å²) in [6, 6.07) is 4.78. The zero-order valence-electron chi connectivity index (χ0n) is 25.1. The summed E-state index contributed by atoms with van der Waals surface area (Å²) in [6.45, 7) is 12.5. The number of halogens is 1. The Morgan fingerprint density at radius 2 is 1.66 bits per heavy atom. The molecule has 1 aliphatic heterocycles. The molecule has 1 aliphatic rings. The highest BCUT2D eigenvalue weighted by atomic mass is 35.5. The lowest BCUT2D eigenvalue weighted by molar-refractivity contribution is -0.141. The number of imide groups is 1. The van der Waals surface area contributed by atoms with Crippen molar-refractivity contribution in [3.05, 3.63) is 28.8 Å². The third-order valence-electron chi connectivity index (χ3n) is 6.45. The van der Waals surface area contributed by atoms with Crippen LogP contribution in [0.3, 0.4) is 0 Å². The van der Waals surface area contributed by atoms with Crippen LogP contribution in [-0.4, -0.2) is 86.9 Å². The van der Waals surface area contributed by atoms with Crippen LogP contribution >= 0.6 is 19.0 Å². The van der Waals surface area contributed by atoms with Crippen LogP contribution in [0, 0.1) is 0 Å². The van der Waals surface area contributed by atoms with Crippen molar-refractivity contribution >= 4 is 37.1 Å². The molecule has 2 atom stereocenters. The summed E-state index contributed by atoms with van der Waals surface area (Å²) in [6.07, 6.45) is -1.20. The molecule has 0 bridgehead atoms. The molecule has 2 unspecified atom stereocenters. The van der Waals surface area contributed by atoms with Crippen LogP contribution in [-0.2, 0) is 29.9 Å². The Bertz CT molecular complexity index is 1120. The van der Waals surface area contributed by atoms with Crippen molar-refractivity contribution in [3.8, 4) is 5.75 Å². The molecule has 0 radical (unpaired) electrons. The Morgan fingerprint density at radius 3 is 2.15 bits per heavy atom. The molecule has 232 valence electrons. The van der Waals surface area contributed by atoms with Gasteiger partial charge in [0.1, 0.15) is 17.0 Å². The van der Waals surface area contributed by atoms with E-state index < -0.39 is 41.9 Å². The van der Waals surface area contributed by atoms with Gasteiger partial charge in [-0.3, -0.25) is 14.3 Å². The van der Waals surface area contributed by atoms with E-state index in [0.29, 0.717) is 13.1 Å². The normalized spacial score (nSPS) is 21.8. The Labute approximate surface area is 247 Å². The summed E-state index contributed by atoms with van der Waals surface area (Å²) in [5, 5.41) is 18.7. The van der Waals surface area contributed by atoms with Gasteiger partial charge in [0, 0.05) is 32.3 Å². The van der Waals surface area contributed by atoms with Gasteiger partial charge in [0.2, 0.25) is 7.37 Å². The molecule has 0 aliphatic carbocycles. The molecule has 1 fully saturated rings. The molecule has 0 aromatic heterocycles. The first-order chi connectivity index (χ1) is 18.8. The smallest absolute Gasteiger partial charge is 0.419 e. The molecule has 2 amide bonds. The average Bonchev–Trinajstić information content (AvgIpc) is 2.81. The maximum Gasteiger partial charge on any atom is 0.419 e. The number of carboxylic acids is 1. The fourth-order valence-electron chi connectivity index (χ4n) is 4.63. The first-order valence-corrected chi connectivity index (χ1v) is 15.9. The topological polar surface area (TPSA) is 143 Å². The highest BCUT2D eigenvalue weighted by Crippen LogP contribution is 2.63. The number of hydrogen-bond donors (Lipinski definition) is 2. The van der Waals surface area contributed by atoms with Crippen molar-refractivity contribution in [2.24, 2.45) is 0 Å². The maximum atomic E-state index is 14.0. The van der Waals surface area contributed by atoms with Crippen molar-refractivity contribution in [2.75, 3.05) is 32.4 Å². The lowest BCUT2D eigenvalue weighted by Crippen LogP contribution is -2.54. The molecular formula is C28H44ClN2O9P. The van der Waals surface area contributed by atoms with E-state index in [9.17, 15) is 29.2 Å². The van der Waals surface area contributed by atoms with E-state index in [4.69, 9.17) is 25.6 Å². The average molecular weight is 619 g/mol. The van der Waals surface area contributed by atoms with Gasteiger partial charge in [-0.05, 0) is 85.4 Å². The second-order valence-corrected chi connectivity index (χ2v) is 15.5. The minimum atomic E-state index is -3.63. The van der Waals surface area contributed by atoms with Gasteiger partial charge in [-0.1, -0.05) is 17.7 Å². The van der Waals surface area contributed by atoms with Crippen LogP contribution in [0.25, 0.3) is 0 Å². The van der Waals surface area contributed by atoms with E-state index in [1.165, 1.54) is 6.07 Å². The van der Waals surface area contributed by atoms with Crippen LogP contribution in [0.2, 0.25) is 5.02 Å². The largest absolute Gasteiger partial charge is 0.506 e. The van der Waals surface area contributed by atoms with Crippen molar-refractivity contribution in [2.45, 2.75) is 90.6 Å². The fraction of sp³-hybridized carbons (Fsp3) is 0.679. The van der Waals surface area contributed by atoms with E-state index in [-0.39, 0.29) is 55.9 Å². The SMILES string of the molecule is CCOP1(=O)CCN(Cc2ccc(O)c(Cl)c2)CC1(CCCCN(C(=O)OC(C)(C)C)C(=O)OC(C)(C)C)C(=O)O. The maximum absolute atomic E-state index is 14.0. The molecule has 2 rings (SSSR count). The van der Waals surface area contributed by atoms with Crippen LogP contribution in [0.1, 0.15) is 73.3 Å². The second-order valence-electron chi connectivity index (χ2n) is 12.2. The lowest BCUT2D eigenvalue weighted by atomic mass is 9.99. The number of rotatable bonds is 10. The van der Waals surface area contributed by atoms with Crippen LogP contribution in [0.4, 0.5) is 9.59 Å². The molecule has 2 N–H and O–H groups in total. The molecule has 1 aromatic carbocycles. The number of nitrogens with zero attached hydrogens (tertiary/aromatic N) is 2. The lowest BCUT2D eigenvalue weighted by Gasteiger charge is -2.45. The number of carbonyl (C=O) groups excluding carboxylic acids is 2. The number of phenolic OH excluding ortho intramolecular Hbond substituents is 1. The first-order valence-electron chi connectivity index (χ1n) is 13.7. The molecule has 41 heavy (non-hydrogen) atoms. The second kappa shape index (κ2) is 13.8. The van der Waals surface area contributed by atoms with Gasteiger partial charge in [-0.2, -0.15) is 0 Å². The van der Waals surface area contributed by atoms with Crippen molar-refractivity contribution in [1.82, 2.24) is 9.80 Å². The van der Waals surface area contributed by atoms with Gasteiger partial charge in [-0.25, -0.2) is 14.5 Å². The standard InChI is InChI=1S/C28H44ClN2O9P/c1-8-38-41(37)16-15-30(18-20-11-12-22(32)21(29)17-20)19-28(41,23(33)34)13-9-10-14-31(24(35)39-26(2,3)4)25(36)40-27(5,6)7/h11-12,17,32H,8-10,13-16,18-19H2,1-7H3,(H,33,34). The molecule has 11 nitrogen and oxygen atoms in total. The number of carbonyl (C=O) groups is 3. The third kappa shape index (κ3) is 9.60. The molecule has 1 saturated heterocycles. The molecule has 1 heterocycles. The number of unbranched alkanes of at least 4 members (excludes halogenated alkanes) is 1. The van der Waals surface area contributed by atoms with E-state index in [2.05, 4.69) is 0 Å². The number of hydrogen-bond acceptors (Lipinski definition) is 9. The van der Waals surface area contributed by atoms with Crippen molar-refractivity contribution < 1.29 is 43.2 Å². The Kier molecular flexibility index (Phi) is 11.7. The van der Waals surface area contributed by atoms with Crippen LogP contribution in [0.15, 0.2) is 18.2 Å². The summed E-state index contributed by atoms with van der Waals surface area (Å²) >= 11 is 6.05. The van der Waals surface area contributed by atoms with Gasteiger partial charge >= 0.3 is 18.2 Å². The minimum absolute atomic E-state index is 0.00290. The first kappa shape index (κ1) is 34.9. The summed E-state index contributed by atoms with van der Waals surface area (Å²) in [5.74, 6) is -1.28. The fourth-order valence-corrected chi connectivity index (χ4v) is 7.81.